The van der Waals surface area contributed by atoms with E-state index in [9.17, 15) is 9.59 Å². The van der Waals surface area contributed by atoms with E-state index < -0.39 is 0 Å². The van der Waals surface area contributed by atoms with Crippen LogP contribution in [-0.2, 0) is 16.1 Å². The molecule has 0 aromatic carbocycles. The van der Waals surface area contributed by atoms with Crippen LogP contribution in [-0.4, -0.2) is 42.1 Å². The van der Waals surface area contributed by atoms with Crippen molar-refractivity contribution >= 4 is 23.3 Å². The third-order valence-corrected chi connectivity index (χ3v) is 4.55. The molecule has 1 atom stereocenters. The summed E-state index contributed by atoms with van der Waals surface area (Å²) in [5.74, 6) is -0.0375. The summed E-state index contributed by atoms with van der Waals surface area (Å²) < 4.78 is 4.87. The molecule has 1 saturated heterocycles. The fourth-order valence-corrected chi connectivity index (χ4v) is 2.87. The highest BCUT2D eigenvalue weighted by molar-refractivity contribution is 7.09. The van der Waals surface area contributed by atoms with Crippen LogP contribution in [0.5, 0.6) is 0 Å². The molecular weight excluding hydrogens is 290 g/mol. The Hall–Kier alpha value is -1.63. The minimum Gasteiger partial charge on any atom is -0.465 e. The smallest absolute Gasteiger partial charge is 0.317 e. The Morgan fingerprint density at radius 1 is 1.62 bits per heavy atom. The molecule has 1 aromatic rings. The lowest BCUT2D eigenvalue weighted by Crippen LogP contribution is -2.40. The largest absolute Gasteiger partial charge is 0.465 e. The van der Waals surface area contributed by atoms with E-state index in [-0.39, 0.29) is 17.9 Å². The van der Waals surface area contributed by atoms with Crippen LogP contribution in [0.15, 0.2) is 5.38 Å². The number of nitrogens with one attached hydrogen (secondary N) is 1. The van der Waals surface area contributed by atoms with E-state index in [1.165, 1.54) is 0 Å². The Balaban J connectivity index is 1.80. The van der Waals surface area contributed by atoms with Crippen molar-refractivity contribution in [3.8, 4) is 0 Å². The van der Waals surface area contributed by atoms with Crippen LogP contribution in [0.1, 0.15) is 36.9 Å². The third-order valence-electron chi connectivity index (χ3n) is 3.35. The normalized spacial score (nSPS) is 17.9. The first-order valence-corrected chi connectivity index (χ1v) is 7.95. The van der Waals surface area contributed by atoms with E-state index in [0.29, 0.717) is 32.0 Å². The lowest BCUT2D eigenvalue weighted by Gasteiger charge is -2.17. The number of aromatic nitrogens is 1. The van der Waals surface area contributed by atoms with Crippen molar-refractivity contribution in [3.05, 3.63) is 16.1 Å². The number of amides is 2. The first kappa shape index (κ1) is 15.8. The molecule has 0 saturated carbocycles. The van der Waals surface area contributed by atoms with Gasteiger partial charge in [0.15, 0.2) is 0 Å². The van der Waals surface area contributed by atoms with Gasteiger partial charge in [-0.15, -0.1) is 11.3 Å². The molecule has 1 aliphatic rings. The quantitative estimate of drug-likeness (QED) is 0.844. The number of hydrogen-bond donors (Lipinski definition) is 1. The van der Waals surface area contributed by atoms with Crippen molar-refractivity contribution in [2.45, 2.75) is 32.7 Å². The first-order valence-electron chi connectivity index (χ1n) is 7.07. The van der Waals surface area contributed by atoms with Gasteiger partial charge < -0.3 is 15.0 Å². The SMILES string of the molecule is CC(C)c1nc(CN(C)C(=O)NC[C@H]2CCOC2=O)cs1. The van der Waals surface area contributed by atoms with E-state index >= 15 is 0 Å². The zero-order chi connectivity index (χ0) is 15.4. The number of carbonyl (C=O) groups is 2. The fraction of sp³-hybridized carbons (Fsp3) is 0.643. The zero-order valence-electron chi connectivity index (χ0n) is 12.6. The minimum absolute atomic E-state index is 0.200. The minimum atomic E-state index is -0.223. The molecule has 0 unspecified atom stereocenters. The number of esters is 1. The van der Waals surface area contributed by atoms with Crippen LogP contribution < -0.4 is 5.32 Å². The molecule has 0 aliphatic carbocycles. The van der Waals surface area contributed by atoms with Gasteiger partial charge in [-0.25, -0.2) is 9.78 Å². The number of hydrogen-bond acceptors (Lipinski definition) is 5. The third kappa shape index (κ3) is 4.17. The summed E-state index contributed by atoms with van der Waals surface area (Å²) in [6.45, 7) is 5.44. The molecule has 0 bridgehead atoms. The second-order valence-electron chi connectivity index (χ2n) is 5.53. The zero-order valence-corrected chi connectivity index (χ0v) is 13.4. The van der Waals surface area contributed by atoms with Gasteiger partial charge in [-0.1, -0.05) is 13.8 Å². The van der Waals surface area contributed by atoms with Gasteiger partial charge in [0.05, 0.1) is 29.8 Å². The van der Waals surface area contributed by atoms with Crippen LogP contribution in [0, 0.1) is 5.92 Å². The second-order valence-corrected chi connectivity index (χ2v) is 6.42. The molecule has 6 nitrogen and oxygen atoms in total. The van der Waals surface area contributed by atoms with Crippen molar-refractivity contribution in [2.75, 3.05) is 20.2 Å². The predicted molar refractivity (Wildman–Crippen MR) is 80.1 cm³/mol. The van der Waals surface area contributed by atoms with Crippen molar-refractivity contribution < 1.29 is 14.3 Å². The van der Waals surface area contributed by atoms with Gasteiger partial charge in [0, 0.05) is 24.9 Å². The number of nitrogens with zero attached hydrogens (tertiary/aromatic N) is 2. The van der Waals surface area contributed by atoms with E-state index in [4.69, 9.17) is 4.74 Å². The molecule has 0 radical (unpaired) electrons. The lowest BCUT2D eigenvalue weighted by molar-refractivity contribution is -0.141. The molecule has 2 amide bonds. The average molecular weight is 311 g/mol. The summed E-state index contributed by atoms with van der Waals surface area (Å²) in [6.07, 6.45) is 0.673. The summed E-state index contributed by atoms with van der Waals surface area (Å²) in [5.41, 5.74) is 0.890. The molecule has 2 heterocycles. The Kier molecular flexibility index (Phi) is 5.17. The van der Waals surface area contributed by atoms with Crippen molar-refractivity contribution in [2.24, 2.45) is 5.92 Å². The number of thiazole rings is 1. The standard InChI is InChI=1S/C14H21N3O3S/c1-9(2)12-16-11(8-21-12)7-17(3)14(19)15-6-10-4-5-20-13(10)18/h8-10H,4-7H2,1-3H3,(H,15,19)/t10-/m1/s1. The van der Waals surface area contributed by atoms with Gasteiger partial charge >= 0.3 is 12.0 Å². The van der Waals surface area contributed by atoms with E-state index in [1.807, 2.05) is 5.38 Å². The molecule has 2 rings (SSSR count). The van der Waals surface area contributed by atoms with Crippen LogP contribution in [0.4, 0.5) is 4.79 Å². The highest BCUT2D eigenvalue weighted by Crippen LogP contribution is 2.19. The maximum Gasteiger partial charge on any atom is 0.317 e. The van der Waals surface area contributed by atoms with E-state index in [1.54, 1.807) is 23.3 Å². The summed E-state index contributed by atoms with van der Waals surface area (Å²) in [6, 6.07) is -0.200. The Labute approximate surface area is 128 Å². The Morgan fingerprint density at radius 3 is 2.95 bits per heavy atom. The van der Waals surface area contributed by atoms with Crippen LogP contribution in [0.3, 0.4) is 0 Å². The maximum atomic E-state index is 12.0. The fourth-order valence-electron chi connectivity index (χ4n) is 2.04. The molecule has 21 heavy (non-hydrogen) atoms. The monoisotopic (exact) mass is 311 g/mol. The Morgan fingerprint density at radius 2 is 2.38 bits per heavy atom. The molecule has 1 N–H and O–H groups in total. The number of ether oxygens (including phenoxy) is 1. The molecular formula is C14H21N3O3S. The number of rotatable bonds is 5. The molecule has 1 aromatic heterocycles. The van der Waals surface area contributed by atoms with Gasteiger partial charge in [-0.2, -0.15) is 0 Å². The first-order chi connectivity index (χ1) is 9.97. The van der Waals surface area contributed by atoms with Crippen molar-refractivity contribution in [3.63, 3.8) is 0 Å². The lowest BCUT2D eigenvalue weighted by atomic mass is 10.1. The molecule has 1 fully saturated rings. The summed E-state index contributed by atoms with van der Waals surface area (Å²) in [5, 5.41) is 5.82. The van der Waals surface area contributed by atoms with Gasteiger partial charge in [0.25, 0.3) is 0 Å². The number of carbonyl (C=O) groups excluding carboxylic acids is 2. The second kappa shape index (κ2) is 6.89. The maximum absolute atomic E-state index is 12.0. The molecule has 0 spiro atoms. The van der Waals surface area contributed by atoms with Gasteiger partial charge in [0.1, 0.15) is 0 Å². The molecule has 1 aliphatic heterocycles. The summed E-state index contributed by atoms with van der Waals surface area (Å²) >= 11 is 1.61. The van der Waals surface area contributed by atoms with Crippen LogP contribution in [0.2, 0.25) is 0 Å². The topological polar surface area (TPSA) is 71.5 Å². The predicted octanol–water partition coefficient (Wildman–Crippen LogP) is 1.97. The average Bonchev–Trinajstić information content (AvgIpc) is 3.05. The summed E-state index contributed by atoms with van der Waals surface area (Å²) in [7, 11) is 1.72. The van der Waals surface area contributed by atoms with Gasteiger partial charge in [-0.3, -0.25) is 4.79 Å². The van der Waals surface area contributed by atoms with E-state index in [2.05, 4.69) is 24.1 Å². The van der Waals surface area contributed by atoms with Crippen LogP contribution >= 0.6 is 11.3 Å². The molecule has 116 valence electrons. The van der Waals surface area contributed by atoms with Gasteiger partial charge in [0.2, 0.25) is 0 Å². The van der Waals surface area contributed by atoms with Crippen molar-refractivity contribution in [1.82, 2.24) is 15.2 Å². The van der Waals surface area contributed by atoms with E-state index in [0.717, 1.165) is 10.7 Å². The number of cyclic esters (lactones) is 1. The van der Waals surface area contributed by atoms with Crippen LogP contribution in [0.25, 0.3) is 0 Å². The number of urea groups is 1. The highest BCUT2D eigenvalue weighted by Gasteiger charge is 2.27. The Bertz CT molecular complexity index is 515. The van der Waals surface area contributed by atoms with Gasteiger partial charge in [-0.05, 0) is 6.42 Å². The summed E-state index contributed by atoms with van der Waals surface area (Å²) in [4.78, 5) is 29.4. The molecule has 7 heteroatoms. The highest BCUT2D eigenvalue weighted by atomic mass is 32.1. The van der Waals surface area contributed by atoms with Crippen molar-refractivity contribution in [1.29, 1.82) is 0 Å².